The third kappa shape index (κ3) is 4.73. The van der Waals surface area contributed by atoms with E-state index in [4.69, 9.17) is 13.9 Å². The standard InChI is InChI=1S/C23H20BrIN2O5S/c1-11(2)31-22(29)19-12(3)26-23-27(20(19)15-9-13(24)5-7-16(15)30-4)21(28)17(33-23)10-14-6-8-18(25)32-14/h5-11,20H,1-4H3/b17-10-/t20-/m0/s1. The molecule has 172 valence electrons. The van der Waals surface area contributed by atoms with E-state index in [1.165, 1.54) is 15.9 Å². The summed E-state index contributed by atoms with van der Waals surface area (Å²) in [5.74, 6) is 0.590. The van der Waals surface area contributed by atoms with Gasteiger partial charge in [0.05, 0.1) is 29.0 Å². The predicted molar refractivity (Wildman–Crippen MR) is 137 cm³/mol. The number of esters is 1. The summed E-state index contributed by atoms with van der Waals surface area (Å²) in [4.78, 5) is 31.9. The van der Waals surface area contributed by atoms with Crippen LogP contribution in [0.3, 0.4) is 0 Å². The van der Waals surface area contributed by atoms with Crippen LogP contribution in [0.15, 0.2) is 60.3 Å². The zero-order valence-corrected chi connectivity index (χ0v) is 22.8. The van der Waals surface area contributed by atoms with E-state index in [9.17, 15) is 9.59 Å². The molecule has 0 radical (unpaired) electrons. The minimum atomic E-state index is -0.765. The molecular formula is C23H20BrIN2O5S. The van der Waals surface area contributed by atoms with Crippen molar-refractivity contribution in [3.8, 4) is 5.75 Å². The van der Waals surface area contributed by atoms with Gasteiger partial charge in [0.2, 0.25) is 0 Å². The number of rotatable bonds is 5. The average molecular weight is 643 g/mol. The summed E-state index contributed by atoms with van der Waals surface area (Å²) < 4.78 is 20.2. The van der Waals surface area contributed by atoms with Crippen LogP contribution in [0.1, 0.15) is 38.1 Å². The fourth-order valence-corrected chi connectivity index (χ4v) is 5.45. The number of nitrogens with zero attached hydrogens (tertiary/aromatic N) is 2. The number of aromatic nitrogens is 1. The molecule has 0 saturated carbocycles. The van der Waals surface area contributed by atoms with E-state index in [0.29, 0.717) is 37.7 Å². The monoisotopic (exact) mass is 642 g/mol. The first kappa shape index (κ1) is 24.0. The maximum atomic E-state index is 13.6. The molecule has 0 amide bonds. The van der Waals surface area contributed by atoms with Gasteiger partial charge in [-0.05, 0) is 73.7 Å². The van der Waals surface area contributed by atoms with Gasteiger partial charge in [-0.25, -0.2) is 9.79 Å². The summed E-state index contributed by atoms with van der Waals surface area (Å²) in [7, 11) is 1.55. The highest BCUT2D eigenvalue weighted by Gasteiger charge is 2.35. The molecule has 0 bridgehead atoms. The molecule has 1 atom stereocenters. The second-order valence-electron chi connectivity index (χ2n) is 7.56. The van der Waals surface area contributed by atoms with Crippen LogP contribution in [0.25, 0.3) is 6.08 Å². The van der Waals surface area contributed by atoms with Crippen LogP contribution in [0, 0.1) is 3.77 Å². The van der Waals surface area contributed by atoms with E-state index in [1.54, 1.807) is 46.1 Å². The van der Waals surface area contributed by atoms with Gasteiger partial charge in [0.1, 0.15) is 17.6 Å². The molecule has 0 saturated heterocycles. The molecule has 1 aliphatic rings. The maximum absolute atomic E-state index is 13.6. The zero-order chi connectivity index (χ0) is 23.9. The molecule has 33 heavy (non-hydrogen) atoms. The van der Waals surface area contributed by atoms with Crippen LogP contribution in [-0.2, 0) is 9.53 Å². The Morgan fingerprint density at radius 2 is 2.09 bits per heavy atom. The second kappa shape index (κ2) is 9.59. The van der Waals surface area contributed by atoms with Gasteiger partial charge in [-0.2, -0.15) is 0 Å². The van der Waals surface area contributed by atoms with E-state index in [-0.39, 0.29) is 11.7 Å². The number of furan rings is 1. The van der Waals surface area contributed by atoms with Crippen LogP contribution in [0.4, 0.5) is 0 Å². The van der Waals surface area contributed by atoms with Crippen molar-refractivity contribution >= 4 is 61.9 Å². The van der Waals surface area contributed by atoms with Gasteiger partial charge >= 0.3 is 5.97 Å². The fraction of sp³-hybridized carbons (Fsp3) is 0.261. The zero-order valence-electron chi connectivity index (χ0n) is 18.2. The maximum Gasteiger partial charge on any atom is 0.338 e. The predicted octanol–water partition coefficient (Wildman–Crippen LogP) is 4.16. The Labute approximate surface area is 215 Å². The van der Waals surface area contributed by atoms with E-state index in [0.717, 1.165) is 8.24 Å². The first-order chi connectivity index (χ1) is 15.7. The molecule has 1 aliphatic heterocycles. The van der Waals surface area contributed by atoms with Gasteiger partial charge in [0, 0.05) is 16.1 Å². The Kier molecular flexibility index (Phi) is 6.96. The lowest BCUT2D eigenvalue weighted by Crippen LogP contribution is -2.40. The number of benzene rings is 1. The van der Waals surface area contributed by atoms with Crippen LogP contribution in [-0.4, -0.2) is 23.8 Å². The minimum Gasteiger partial charge on any atom is -0.496 e. The molecule has 3 aromatic rings. The number of allylic oxidation sites excluding steroid dienone is 1. The highest BCUT2D eigenvalue weighted by molar-refractivity contribution is 14.1. The minimum absolute atomic E-state index is 0.278. The Morgan fingerprint density at radius 3 is 2.73 bits per heavy atom. The van der Waals surface area contributed by atoms with Gasteiger partial charge in [-0.15, -0.1) is 0 Å². The quantitative estimate of drug-likeness (QED) is 0.309. The molecule has 4 rings (SSSR count). The second-order valence-corrected chi connectivity index (χ2v) is 10.6. The van der Waals surface area contributed by atoms with Crippen molar-refractivity contribution in [3.05, 3.63) is 80.9 Å². The molecular weight excluding hydrogens is 623 g/mol. The van der Waals surface area contributed by atoms with Crippen LogP contribution < -0.4 is 19.6 Å². The van der Waals surface area contributed by atoms with Crippen molar-refractivity contribution in [1.29, 1.82) is 0 Å². The number of thiazole rings is 1. The van der Waals surface area contributed by atoms with E-state index >= 15 is 0 Å². The summed E-state index contributed by atoms with van der Waals surface area (Å²) in [5, 5.41) is 0. The summed E-state index contributed by atoms with van der Waals surface area (Å²) >= 11 is 6.81. The number of ether oxygens (including phenoxy) is 2. The van der Waals surface area contributed by atoms with Gasteiger partial charge < -0.3 is 13.9 Å². The Hall–Kier alpha value is -2.18. The Morgan fingerprint density at radius 1 is 1.33 bits per heavy atom. The van der Waals surface area contributed by atoms with E-state index in [2.05, 4.69) is 43.5 Å². The van der Waals surface area contributed by atoms with Crippen molar-refractivity contribution in [2.45, 2.75) is 32.9 Å². The fourth-order valence-electron chi connectivity index (χ4n) is 3.61. The van der Waals surface area contributed by atoms with Gasteiger partial charge in [0.15, 0.2) is 8.57 Å². The van der Waals surface area contributed by atoms with Crippen molar-refractivity contribution < 1.29 is 18.7 Å². The topological polar surface area (TPSA) is 83.0 Å². The lowest BCUT2D eigenvalue weighted by molar-refractivity contribution is -0.143. The van der Waals surface area contributed by atoms with Crippen molar-refractivity contribution in [2.24, 2.45) is 4.99 Å². The molecule has 10 heteroatoms. The summed E-state index contributed by atoms with van der Waals surface area (Å²) in [5.41, 5.74) is 1.16. The van der Waals surface area contributed by atoms with Gasteiger partial charge in [0.25, 0.3) is 5.56 Å². The molecule has 0 aliphatic carbocycles. The summed E-state index contributed by atoms with van der Waals surface area (Å²) in [6.45, 7) is 5.31. The first-order valence-electron chi connectivity index (χ1n) is 10.0. The SMILES string of the molecule is COc1ccc(Br)cc1[C@H]1C(C(=O)OC(C)C)=C(C)N=c2s/c(=C\c3ccc(I)o3)c(=O)n21. The lowest BCUT2D eigenvalue weighted by atomic mass is 9.95. The highest BCUT2D eigenvalue weighted by Crippen LogP contribution is 2.37. The summed E-state index contributed by atoms with van der Waals surface area (Å²) in [6, 6.07) is 8.33. The third-order valence-electron chi connectivity index (χ3n) is 4.94. The van der Waals surface area contributed by atoms with E-state index in [1.807, 2.05) is 18.2 Å². The van der Waals surface area contributed by atoms with E-state index < -0.39 is 12.0 Å². The Bertz CT molecular complexity index is 1450. The molecule has 0 N–H and O–H groups in total. The molecule has 0 spiro atoms. The Balaban J connectivity index is 2.01. The molecule has 3 heterocycles. The number of fused-ring (bicyclic) bond motifs is 1. The molecule has 2 aromatic heterocycles. The smallest absolute Gasteiger partial charge is 0.338 e. The van der Waals surface area contributed by atoms with Crippen molar-refractivity contribution in [2.75, 3.05) is 7.11 Å². The molecule has 0 fully saturated rings. The van der Waals surface area contributed by atoms with Gasteiger partial charge in [-0.3, -0.25) is 9.36 Å². The lowest BCUT2D eigenvalue weighted by Gasteiger charge is -2.26. The van der Waals surface area contributed by atoms with Crippen molar-refractivity contribution in [1.82, 2.24) is 4.57 Å². The van der Waals surface area contributed by atoms with Crippen molar-refractivity contribution in [3.63, 3.8) is 0 Å². The number of hydrogen-bond acceptors (Lipinski definition) is 7. The molecule has 7 nitrogen and oxygen atoms in total. The summed E-state index contributed by atoms with van der Waals surface area (Å²) in [6.07, 6.45) is 1.36. The number of carbonyl (C=O) groups excluding carboxylic acids is 1. The number of halogens is 2. The van der Waals surface area contributed by atoms with Crippen LogP contribution in [0.5, 0.6) is 5.75 Å². The van der Waals surface area contributed by atoms with Crippen LogP contribution >= 0.6 is 49.9 Å². The number of carbonyl (C=O) groups is 1. The number of methoxy groups -OCH3 is 1. The molecule has 0 unspecified atom stereocenters. The normalized spacial score (nSPS) is 16.1. The highest BCUT2D eigenvalue weighted by atomic mass is 127. The largest absolute Gasteiger partial charge is 0.496 e. The first-order valence-corrected chi connectivity index (χ1v) is 12.7. The average Bonchev–Trinajstić information content (AvgIpc) is 3.29. The molecule has 1 aromatic carbocycles. The van der Waals surface area contributed by atoms with Gasteiger partial charge in [-0.1, -0.05) is 27.3 Å². The number of hydrogen-bond donors (Lipinski definition) is 0. The third-order valence-corrected chi connectivity index (χ3v) is 6.99. The van der Waals surface area contributed by atoms with Crippen LogP contribution in [0.2, 0.25) is 0 Å².